The van der Waals surface area contributed by atoms with Crippen molar-refractivity contribution in [3.63, 3.8) is 0 Å². The summed E-state index contributed by atoms with van der Waals surface area (Å²) in [6, 6.07) is 19.1. The number of rotatable bonds is 7. The first-order valence-electron chi connectivity index (χ1n) is 9.34. The summed E-state index contributed by atoms with van der Waals surface area (Å²) < 4.78 is 11.4. The van der Waals surface area contributed by atoms with Crippen LogP contribution in [0.15, 0.2) is 66.2 Å². The number of amides is 1. The second kappa shape index (κ2) is 10.9. The van der Waals surface area contributed by atoms with Gasteiger partial charge in [-0.1, -0.05) is 65.1 Å². The largest absolute Gasteiger partial charge is 0.493 e. The third-order valence-electron chi connectivity index (χ3n) is 4.37. The second-order valence-electron chi connectivity index (χ2n) is 6.52. The number of nitrogens with zero attached hydrogens (tertiary/aromatic N) is 1. The number of carbonyl (C=O) groups is 1. The zero-order chi connectivity index (χ0) is 23.1. The number of ether oxygens (including phenoxy) is 2. The van der Waals surface area contributed by atoms with Crippen molar-refractivity contribution < 1.29 is 14.3 Å². The summed E-state index contributed by atoms with van der Waals surface area (Å²) in [7, 11) is 1.51. The molecule has 0 aliphatic rings. The van der Waals surface area contributed by atoms with Gasteiger partial charge >= 0.3 is 0 Å². The number of anilines is 1. The van der Waals surface area contributed by atoms with Crippen LogP contribution in [0.25, 0.3) is 6.08 Å². The molecule has 0 heterocycles. The SMILES string of the molecule is COc1cccc(/C=C(\C#N)C(=O)Nc2c(Cl)cccc2Cl)c1OCc1cccc(Cl)c1. The summed E-state index contributed by atoms with van der Waals surface area (Å²) in [4.78, 5) is 12.7. The molecule has 3 aromatic rings. The summed E-state index contributed by atoms with van der Waals surface area (Å²) in [5.41, 5.74) is 1.40. The van der Waals surface area contributed by atoms with Gasteiger partial charge in [0.15, 0.2) is 11.5 Å². The number of para-hydroxylation sites is 2. The average Bonchev–Trinajstić information content (AvgIpc) is 2.78. The fourth-order valence-corrected chi connectivity index (χ4v) is 3.55. The molecule has 1 amide bonds. The Kier molecular flexibility index (Phi) is 8.02. The van der Waals surface area contributed by atoms with Crippen LogP contribution in [-0.4, -0.2) is 13.0 Å². The molecule has 0 unspecified atom stereocenters. The monoisotopic (exact) mass is 486 g/mol. The molecule has 162 valence electrons. The quantitative estimate of drug-likeness (QED) is 0.294. The van der Waals surface area contributed by atoms with Gasteiger partial charge in [0.1, 0.15) is 18.2 Å². The van der Waals surface area contributed by atoms with Crippen LogP contribution in [0.3, 0.4) is 0 Å². The van der Waals surface area contributed by atoms with Gasteiger partial charge in [0, 0.05) is 10.6 Å². The third kappa shape index (κ3) is 5.74. The first kappa shape index (κ1) is 23.5. The van der Waals surface area contributed by atoms with E-state index < -0.39 is 5.91 Å². The van der Waals surface area contributed by atoms with Crippen LogP contribution in [0.4, 0.5) is 5.69 Å². The minimum Gasteiger partial charge on any atom is -0.493 e. The Morgan fingerprint density at radius 1 is 1.06 bits per heavy atom. The summed E-state index contributed by atoms with van der Waals surface area (Å²) in [5.74, 6) is 0.171. The zero-order valence-corrected chi connectivity index (χ0v) is 19.1. The van der Waals surface area contributed by atoms with E-state index in [0.29, 0.717) is 22.1 Å². The molecule has 0 fully saturated rings. The molecule has 3 aromatic carbocycles. The maximum Gasteiger partial charge on any atom is 0.266 e. The topological polar surface area (TPSA) is 71.3 Å². The number of nitriles is 1. The summed E-state index contributed by atoms with van der Waals surface area (Å²) in [6.07, 6.45) is 1.41. The Bertz CT molecular complexity index is 1200. The van der Waals surface area contributed by atoms with Crippen LogP contribution < -0.4 is 14.8 Å². The Morgan fingerprint density at radius 2 is 1.75 bits per heavy atom. The van der Waals surface area contributed by atoms with Gasteiger partial charge in [0.2, 0.25) is 0 Å². The third-order valence-corrected chi connectivity index (χ3v) is 5.23. The highest BCUT2D eigenvalue weighted by Gasteiger charge is 2.16. The van der Waals surface area contributed by atoms with Crippen molar-refractivity contribution in [2.45, 2.75) is 6.61 Å². The van der Waals surface area contributed by atoms with Crippen molar-refractivity contribution in [2.24, 2.45) is 0 Å². The first-order chi connectivity index (χ1) is 15.4. The lowest BCUT2D eigenvalue weighted by Crippen LogP contribution is -2.14. The average molecular weight is 488 g/mol. The molecule has 3 rings (SSSR count). The predicted molar refractivity (Wildman–Crippen MR) is 127 cm³/mol. The van der Waals surface area contributed by atoms with Crippen molar-refractivity contribution in [3.8, 4) is 17.6 Å². The van der Waals surface area contributed by atoms with E-state index in [1.807, 2.05) is 18.2 Å². The molecule has 0 saturated carbocycles. The first-order valence-corrected chi connectivity index (χ1v) is 10.5. The standard InChI is InChI=1S/C24H17Cl3N2O3/c1-31-21-10-3-6-16(23(21)32-14-15-5-2-7-18(25)11-15)12-17(13-28)24(30)29-22-19(26)8-4-9-20(22)27/h2-12H,14H2,1H3,(H,29,30)/b17-12+. The normalized spacial score (nSPS) is 10.9. The lowest BCUT2D eigenvalue weighted by Gasteiger charge is -2.14. The van der Waals surface area contributed by atoms with Gasteiger partial charge in [-0.3, -0.25) is 4.79 Å². The van der Waals surface area contributed by atoms with Crippen molar-refractivity contribution in [1.82, 2.24) is 0 Å². The van der Waals surface area contributed by atoms with Crippen LogP contribution in [-0.2, 0) is 11.4 Å². The maximum atomic E-state index is 12.7. The molecule has 0 aliphatic carbocycles. The lowest BCUT2D eigenvalue weighted by molar-refractivity contribution is -0.112. The van der Waals surface area contributed by atoms with E-state index in [9.17, 15) is 10.1 Å². The van der Waals surface area contributed by atoms with Crippen LogP contribution in [0, 0.1) is 11.3 Å². The molecule has 32 heavy (non-hydrogen) atoms. The molecule has 0 saturated heterocycles. The molecule has 0 aliphatic heterocycles. The molecule has 5 nitrogen and oxygen atoms in total. The van der Waals surface area contributed by atoms with E-state index in [2.05, 4.69) is 5.32 Å². The highest BCUT2D eigenvalue weighted by atomic mass is 35.5. The number of benzene rings is 3. The minimum absolute atomic E-state index is 0.165. The number of nitrogens with one attached hydrogen (secondary N) is 1. The van der Waals surface area contributed by atoms with E-state index in [4.69, 9.17) is 44.3 Å². The maximum absolute atomic E-state index is 12.7. The van der Waals surface area contributed by atoms with Crippen molar-refractivity contribution >= 4 is 52.5 Å². The van der Waals surface area contributed by atoms with Gasteiger partial charge < -0.3 is 14.8 Å². The molecule has 0 bridgehead atoms. The van der Waals surface area contributed by atoms with E-state index in [1.165, 1.54) is 13.2 Å². The van der Waals surface area contributed by atoms with E-state index in [-0.39, 0.29) is 27.9 Å². The van der Waals surface area contributed by atoms with Gasteiger partial charge in [-0.15, -0.1) is 0 Å². The molecule has 0 atom stereocenters. The minimum atomic E-state index is -0.661. The van der Waals surface area contributed by atoms with Crippen LogP contribution in [0.1, 0.15) is 11.1 Å². The van der Waals surface area contributed by atoms with Crippen LogP contribution in [0.2, 0.25) is 15.1 Å². The van der Waals surface area contributed by atoms with Crippen molar-refractivity contribution in [3.05, 3.63) is 92.4 Å². The Morgan fingerprint density at radius 3 is 2.41 bits per heavy atom. The molecule has 0 radical (unpaired) electrons. The predicted octanol–water partition coefficient (Wildman–Crippen LogP) is 6.78. The Hall–Kier alpha value is -3.17. The molecule has 0 spiro atoms. The number of hydrogen-bond acceptors (Lipinski definition) is 4. The number of carbonyl (C=O) groups excluding carboxylic acids is 1. The van der Waals surface area contributed by atoms with Crippen LogP contribution >= 0.6 is 34.8 Å². The summed E-state index contributed by atoms with van der Waals surface area (Å²) in [5, 5.41) is 13.3. The smallest absolute Gasteiger partial charge is 0.266 e. The van der Waals surface area contributed by atoms with E-state index in [0.717, 1.165) is 5.56 Å². The van der Waals surface area contributed by atoms with Crippen molar-refractivity contribution in [2.75, 3.05) is 12.4 Å². The molecular formula is C24H17Cl3N2O3. The molecular weight excluding hydrogens is 471 g/mol. The van der Waals surface area contributed by atoms with Gasteiger partial charge in [0.25, 0.3) is 5.91 Å². The lowest BCUT2D eigenvalue weighted by atomic mass is 10.1. The molecule has 8 heteroatoms. The molecule has 1 N–H and O–H groups in total. The van der Waals surface area contributed by atoms with Gasteiger partial charge in [0.05, 0.1) is 22.8 Å². The zero-order valence-electron chi connectivity index (χ0n) is 16.9. The number of methoxy groups -OCH3 is 1. The molecule has 0 aromatic heterocycles. The second-order valence-corrected chi connectivity index (χ2v) is 7.77. The summed E-state index contributed by atoms with van der Waals surface area (Å²) >= 11 is 18.3. The van der Waals surface area contributed by atoms with Gasteiger partial charge in [-0.25, -0.2) is 0 Å². The van der Waals surface area contributed by atoms with Gasteiger partial charge in [-0.2, -0.15) is 5.26 Å². The van der Waals surface area contributed by atoms with Crippen molar-refractivity contribution in [1.29, 1.82) is 5.26 Å². The fraction of sp³-hybridized carbons (Fsp3) is 0.0833. The highest BCUT2D eigenvalue weighted by molar-refractivity contribution is 6.40. The fourth-order valence-electron chi connectivity index (χ4n) is 2.85. The van der Waals surface area contributed by atoms with E-state index >= 15 is 0 Å². The van der Waals surface area contributed by atoms with Crippen LogP contribution in [0.5, 0.6) is 11.5 Å². The highest BCUT2D eigenvalue weighted by Crippen LogP contribution is 2.34. The summed E-state index contributed by atoms with van der Waals surface area (Å²) in [6.45, 7) is 0.213. The van der Waals surface area contributed by atoms with Gasteiger partial charge in [-0.05, 0) is 42.0 Å². The van der Waals surface area contributed by atoms with E-state index in [1.54, 1.807) is 48.5 Å². The Labute approximate surface area is 200 Å². The number of hydrogen-bond donors (Lipinski definition) is 1. The Balaban J connectivity index is 1.91. The number of halogens is 3.